The first-order valence-electron chi connectivity index (χ1n) is 8.05. The average molecular weight is 281 g/mol. The Labute approximate surface area is 123 Å². The summed E-state index contributed by atoms with van der Waals surface area (Å²) in [6, 6.07) is 0.332. The van der Waals surface area contributed by atoms with Gasteiger partial charge in [0.05, 0.1) is 25.0 Å². The lowest BCUT2D eigenvalue weighted by Crippen LogP contribution is -2.21. The standard InChI is InChI=1S/C16H31N3O/c1-5-7-8-9-10-11-12-14(17-3)16-15(20-4)13-18-19(16)6-2/h13-14,17H,5-12H2,1-4H3. The number of aryl methyl sites for hydroxylation is 1. The Morgan fingerprint density at radius 2 is 1.90 bits per heavy atom. The zero-order valence-corrected chi connectivity index (χ0v) is 13.6. The van der Waals surface area contributed by atoms with Gasteiger partial charge in [-0.3, -0.25) is 4.68 Å². The molecule has 0 aromatic carbocycles. The van der Waals surface area contributed by atoms with E-state index in [2.05, 4.69) is 24.3 Å². The summed E-state index contributed by atoms with van der Waals surface area (Å²) in [6.45, 7) is 5.26. The van der Waals surface area contributed by atoms with E-state index >= 15 is 0 Å². The number of methoxy groups -OCH3 is 1. The molecule has 0 saturated heterocycles. The van der Waals surface area contributed by atoms with Crippen LogP contribution >= 0.6 is 0 Å². The van der Waals surface area contributed by atoms with Crippen LogP contribution in [0.25, 0.3) is 0 Å². The SMILES string of the molecule is CCCCCCCCC(NC)c1c(OC)cnn1CC. The molecule has 4 nitrogen and oxygen atoms in total. The number of ether oxygens (including phenoxy) is 1. The average Bonchev–Trinajstić information content (AvgIpc) is 2.89. The zero-order chi connectivity index (χ0) is 14.8. The molecular weight excluding hydrogens is 250 g/mol. The highest BCUT2D eigenvalue weighted by molar-refractivity contribution is 5.28. The molecule has 1 heterocycles. The van der Waals surface area contributed by atoms with Crippen molar-refractivity contribution in [3.63, 3.8) is 0 Å². The number of aromatic nitrogens is 2. The van der Waals surface area contributed by atoms with E-state index in [1.807, 2.05) is 17.9 Å². The van der Waals surface area contributed by atoms with E-state index in [-0.39, 0.29) is 0 Å². The molecule has 4 heteroatoms. The summed E-state index contributed by atoms with van der Waals surface area (Å²) in [5, 5.41) is 7.81. The lowest BCUT2D eigenvalue weighted by molar-refractivity contribution is 0.387. The van der Waals surface area contributed by atoms with Gasteiger partial charge in [-0.25, -0.2) is 0 Å². The number of nitrogens with zero attached hydrogens (tertiary/aromatic N) is 2. The van der Waals surface area contributed by atoms with E-state index in [9.17, 15) is 0 Å². The van der Waals surface area contributed by atoms with Crippen LogP contribution in [0.2, 0.25) is 0 Å². The minimum absolute atomic E-state index is 0.332. The normalized spacial score (nSPS) is 12.6. The third-order valence-corrected chi connectivity index (χ3v) is 3.89. The van der Waals surface area contributed by atoms with Gasteiger partial charge in [-0.15, -0.1) is 0 Å². The first kappa shape index (κ1) is 17.0. The minimum Gasteiger partial charge on any atom is -0.493 e. The highest BCUT2D eigenvalue weighted by Gasteiger charge is 2.19. The zero-order valence-electron chi connectivity index (χ0n) is 13.6. The van der Waals surface area contributed by atoms with E-state index in [0.717, 1.165) is 18.7 Å². The van der Waals surface area contributed by atoms with Gasteiger partial charge in [0.2, 0.25) is 0 Å². The summed E-state index contributed by atoms with van der Waals surface area (Å²) < 4.78 is 7.49. The summed E-state index contributed by atoms with van der Waals surface area (Å²) in [4.78, 5) is 0. The first-order valence-corrected chi connectivity index (χ1v) is 8.05. The quantitative estimate of drug-likeness (QED) is 0.625. The highest BCUT2D eigenvalue weighted by Crippen LogP contribution is 2.28. The summed E-state index contributed by atoms with van der Waals surface area (Å²) >= 11 is 0. The lowest BCUT2D eigenvalue weighted by atomic mass is 10.0. The second-order valence-corrected chi connectivity index (χ2v) is 5.31. The monoisotopic (exact) mass is 281 g/mol. The molecule has 116 valence electrons. The van der Waals surface area contributed by atoms with Crippen LogP contribution in [0.3, 0.4) is 0 Å². The van der Waals surface area contributed by atoms with Gasteiger partial charge >= 0.3 is 0 Å². The second-order valence-electron chi connectivity index (χ2n) is 5.31. The molecule has 0 aliphatic heterocycles. The molecule has 1 rings (SSSR count). The number of rotatable bonds is 11. The van der Waals surface area contributed by atoms with Crippen molar-refractivity contribution in [3.8, 4) is 5.75 Å². The number of hydrogen-bond donors (Lipinski definition) is 1. The molecule has 0 aliphatic carbocycles. The van der Waals surface area contributed by atoms with E-state index in [1.165, 1.54) is 44.2 Å². The lowest BCUT2D eigenvalue weighted by Gasteiger charge is -2.18. The summed E-state index contributed by atoms with van der Waals surface area (Å²) in [5.74, 6) is 0.900. The molecule has 20 heavy (non-hydrogen) atoms. The van der Waals surface area contributed by atoms with Gasteiger partial charge in [0.25, 0.3) is 0 Å². The topological polar surface area (TPSA) is 39.1 Å². The van der Waals surface area contributed by atoms with Gasteiger partial charge in [-0.2, -0.15) is 5.10 Å². The Balaban J connectivity index is 2.51. The van der Waals surface area contributed by atoms with E-state index in [4.69, 9.17) is 4.74 Å². The molecule has 1 N–H and O–H groups in total. The number of hydrogen-bond acceptors (Lipinski definition) is 3. The molecule has 0 fully saturated rings. The first-order chi connectivity index (χ1) is 9.78. The second kappa shape index (κ2) is 9.81. The molecule has 1 unspecified atom stereocenters. The van der Waals surface area contributed by atoms with Crippen molar-refractivity contribution >= 4 is 0 Å². The van der Waals surface area contributed by atoms with Crippen molar-refractivity contribution in [3.05, 3.63) is 11.9 Å². The van der Waals surface area contributed by atoms with Crippen molar-refractivity contribution in [2.45, 2.75) is 71.4 Å². The molecule has 0 saturated carbocycles. The third kappa shape index (κ3) is 4.82. The predicted molar refractivity (Wildman–Crippen MR) is 84.2 cm³/mol. The molecule has 0 spiro atoms. The van der Waals surface area contributed by atoms with Crippen molar-refractivity contribution in [1.29, 1.82) is 0 Å². The van der Waals surface area contributed by atoms with Crippen LogP contribution in [0.1, 0.15) is 70.5 Å². The molecule has 1 atom stereocenters. The van der Waals surface area contributed by atoms with Crippen molar-refractivity contribution in [2.75, 3.05) is 14.2 Å². The smallest absolute Gasteiger partial charge is 0.161 e. The van der Waals surface area contributed by atoms with E-state index in [1.54, 1.807) is 7.11 Å². The maximum absolute atomic E-state index is 5.45. The molecule has 1 aromatic heterocycles. The van der Waals surface area contributed by atoms with Gasteiger partial charge in [0.15, 0.2) is 5.75 Å². The Kier molecular flexibility index (Phi) is 8.35. The summed E-state index contributed by atoms with van der Waals surface area (Å²) in [7, 11) is 3.74. The number of nitrogens with one attached hydrogen (secondary N) is 1. The highest BCUT2D eigenvalue weighted by atomic mass is 16.5. The molecular formula is C16H31N3O. The van der Waals surface area contributed by atoms with Gasteiger partial charge in [0, 0.05) is 6.54 Å². The van der Waals surface area contributed by atoms with E-state index < -0.39 is 0 Å². The van der Waals surface area contributed by atoms with Crippen LogP contribution in [0.15, 0.2) is 6.20 Å². The van der Waals surface area contributed by atoms with Crippen LogP contribution in [0.5, 0.6) is 5.75 Å². The van der Waals surface area contributed by atoms with Crippen LogP contribution in [0, 0.1) is 0 Å². The molecule has 0 aliphatic rings. The van der Waals surface area contributed by atoms with Crippen molar-refractivity contribution in [2.24, 2.45) is 0 Å². The van der Waals surface area contributed by atoms with Gasteiger partial charge in [-0.1, -0.05) is 45.4 Å². The molecule has 0 bridgehead atoms. The van der Waals surface area contributed by atoms with Gasteiger partial charge < -0.3 is 10.1 Å². The molecule has 0 radical (unpaired) electrons. The minimum atomic E-state index is 0.332. The Hall–Kier alpha value is -1.03. The summed E-state index contributed by atoms with van der Waals surface area (Å²) in [5.41, 5.74) is 1.19. The fourth-order valence-electron chi connectivity index (χ4n) is 2.69. The number of unbranched alkanes of at least 4 members (excludes halogenated alkanes) is 5. The fraction of sp³-hybridized carbons (Fsp3) is 0.812. The van der Waals surface area contributed by atoms with Crippen LogP contribution in [0.4, 0.5) is 0 Å². The fourth-order valence-corrected chi connectivity index (χ4v) is 2.69. The van der Waals surface area contributed by atoms with Crippen molar-refractivity contribution in [1.82, 2.24) is 15.1 Å². The molecule has 0 amide bonds. The van der Waals surface area contributed by atoms with E-state index in [0.29, 0.717) is 6.04 Å². The van der Waals surface area contributed by atoms with Gasteiger partial charge in [-0.05, 0) is 20.4 Å². The van der Waals surface area contributed by atoms with Crippen LogP contribution < -0.4 is 10.1 Å². The van der Waals surface area contributed by atoms with Crippen LogP contribution in [-0.2, 0) is 6.54 Å². The summed E-state index contributed by atoms with van der Waals surface area (Å²) in [6.07, 6.45) is 11.0. The van der Waals surface area contributed by atoms with Crippen molar-refractivity contribution < 1.29 is 4.74 Å². The van der Waals surface area contributed by atoms with Crippen LogP contribution in [-0.4, -0.2) is 23.9 Å². The Morgan fingerprint density at radius 3 is 2.50 bits per heavy atom. The Morgan fingerprint density at radius 1 is 1.20 bits per heavy atom. The maximum atomic E-state index is 5.45. The molecule has 1 aromatic rings. The maximum Gasteiger partial charge on any atom is 0.161 e. The third-order valence-electron chi connectivity index (χ3n) is 3.89. The van der Waals surface area contributed by atoms with Gasteiger partial charge in [0.1, 0.15) is 0 Å². The largest absolute Gasteiger partial charge is 0.493 e. The Bertz CT molecular complexity index is 341. The predicted octanol–water partition coefficient (Wildman–Crippen LogP) is 3.92.